The van der Waals surface area contributed by atoms with Gasteiger partial charge in [-0.2, -0.15) is 0 Å². The minimum atomic E-state index is -1.14. The lowest BCUT2D eigenvalue weighted by molar-refractivity contribution is -0.182. The van der Waals surface area contributed by atoms with E-state index in [1.165, 1.54) is 0 Å². The van der Waals surface area contributed by atoms with E-state index in [2.05, 4.69) is 0 Å². The number of carbonyl (C=O) groups excluding carboxylic acids is 1. The van der Waals surface area contributed by atoms with E-state index >= 15 is 0 Å². The maximum absolute atomic E-state index is 12.1. The summed E-state index contributed by atoms with van der Waals surface area (Å²) in [4.78, 5) is 14.0. The number of methoxy groups -OCH3 is 1. The molecule has 0 radical (unpaired) electrons. The van der Waals surface area contributed by atoms with Gasteiger partial charge < -0.3 is 9.47 Å². The number of benzene rings is 2. The molecule has 0 bridgehead atoms. The van der Waals surface area contributed by atoms with E-state index in [0.717, 1.165) is 17.4 Å². The molecular weight excluding hydrogens is 361 g/mol. The van der Waals surface area contributed by atoms with E-state index < -0.39 is 5.72 Å². The highest BCUT2D eigenvalue weighted by Gasteiger charge is 2.41. The molecule has 132 valence electrons. The van der Waals surface area contributed by atoms with Gasteiger partial charge in [0.25, 0.3) is 0 Å². The first-order chi connectivity index (χ1) is 12.1. The summed E-state index contributed by atoms with van der Waals surface area (Å²) in [5, 5.41) is 0.984. The second-order valence-electron chi connectivity index (χ2n) is 5.86. The normalized spacial score (nSPS) is 20.8. The Balaban J connectivity index is 1.90. The number of carbonyl (C=O) groups is 1. The van der Waals surface area contributed by atoms with Gasteiger partial charge in [0.2, 0.25) is 5.72 Å². The van der Waals surface area contributed by atoms with Crippen molar-refractivity contribution in [2.75, 3.05) is 26.8 Å². The molecule has 25 heavy (non-hydrogen) atoms. The van der Waals surface area contributed by atoms with Crippen molar-refractivity contribution in [2.24, 2.45) is 0 Å². The Labute approximate surface area is 157 Å². The minimum Gasteiger partial charge on any atom is -0.371 e. The topological polar surface area (TPSA) is 38.8 Å². The molecule has 2 atom stereocenters. The van der Waals surface area contributed by atoms with Gasteiger partial charge in [-0.3, -0.25) is 9.69 Å². The standard InChI is InChI=1S/C19H19Cl2NO3/c1-24-19(13-23,15-5-3-2-4-6-15)22-9-10-25-18(12-22)14-7-8-16(20)17(21)11-14/h2-8,11,13,18H,9-10,12H2,1H3/t18-,19-/m0/s1. The smallest absolute Gasteiger partial charge is 0.204 e. The van der Waals surface area contributed by atoms with E-state index in [4.69, 9.17) is 32.7 Å². The Morgan fingerprint density at radius 1 is 1.20 bits per heavy atom. The van der Waals surface area contributed by atoms with Crippen molar-refractivity contribution in [2.45, 2.75) is 11.8 Å². The number of nitrogens with zero attached hydrogens (tertiary/aromatic N) is 1. The van der Waals surface area contributed by atoms with Gasteiger partial charge in [0.1, 0.15) is 0 Å². The molecule has 0 saturated carbocycles. The summed E-state index contributed by atoms with van der Waals surface area (Å²) in [5.74, 6) is 0. The molecule has 2 aromatic rings. The lowest BCUT2D eigenvalue weighted by Crippen LogP contribution is -2.54. The predicted molar refractivity (Wildman–Crippen MR) is 97.9 cm³/mol. The van der Waals surface area contributed by atoms with Gasteiger partial charge in [0, 0.05) is 25.8 Å². The van der Waals surface area contributed by atoms with Crippen LogP contribution < -0.4 is 0 Å². The van der Waals surface area contributed by atoms with Crippen LogP contribution in [0.1, 0.15) is 17.2 Å². The molecule has 1 aliphatic heterocycles. The first-order valence-electron chi connectivity index (χ1n) is 7.99. The number of morpholine rings is 1. The molecule has 4 nitrogen and oxygen atoms in total. The lowest BCUT2D eigenvalue weighted by Gasteiger charge is -2.43. The van der Waals surface area contributed by atoms with Gasteiger partial charge >= 0.3 is 0 Å². The zero-order valence-corrected chi connectivity index (χ0v) is 15.3. The van der Waals surface area contributed by atoms with E-state index in [1.54, 1.807) is 19.2 Å². The zero-order valence-electron chi connectivity index (χ0n) is 13.8. The molecule has 0 aliphatic carbocycles. The van der Waals surface area contributed by atoms with Crippen LogP contribution in [0.2, 0.25) is 10.0 Å². The Morgan fingerprint density at radius 2 is 1.96 bits per heavy atom. The summed E-state index contributed by atoms with van der Waals surface area (Å²) in [7, 11) is 1.55. The van der Waals surface area contributed by atoms with Crippen molar-refractivity contribution >= 4 is 29.5 Å². The quantitative estimate of drug-likeness (QED) is 0.734. The summed E-state index contributed by atoms with van der Waals surface area (Å²) in [5.41, 5.74) is 0.574. The van der Waals surface area contributed by atoms with E-state index in [1.807, 2.05) is 41.3 Å². The second kappa shape index (κ2) is 7.85. The highest BCUT2D eigenvalue weighted by atomic mass is 35.5. The van der Waals surface area contributed by atoms with Crippen molar-refractivity contribution in [1.29, 1.82) is 0 Å². The molecule has 0 spiro atoms. The Morgan fingerprint density at radius 3 is 2.60 bits per heavy atom. The number of hydrogen-bond acceptors (Lipinski definition) is 4. The number of ether oxygens (including phenoxy) is 2. The third kappa shape index (κ3) is 3.59. The fourth-order valence-electron chi connectivity index (χ4n) is 3.16. The molecule has 6 heteroatoms. The minimum absolute atomic E-state index is 0.221. The van der Waals surface area contributed by atoms with E-state index in [9.17, 15) is 4.79 Å². The fourth-order valence-corrected chi connectivity index (χ4v) is 3.47. The first kappa shape index (κ1) is 18.4. The van der Waals surface area contributed by atoms with Crippen LogP contribution >= 0.6 is 23.2 Å². The average Bonchev–Trinajstić information content (AvgIpc) is 2.67. The molecule has 0 unspecified atom stereocenters. The monoisotopic (exact) mass is 379 g/mol. The number of aldehydes is 1. The fraction of sp³-hybridized carbons (Fsp3) is 0.316. The van der Waals surface area contributed by atoms with Crippen LogP contribution in [0.3, 0.4) is 0 Å². The number of rotatable bonds is 5. The molecule has 1 heterocycles. The van der Waals surface area contributed by atoms with Crippen LogP contribution in [0, 0.1) is 0 Å². The molecule has 0 amide bonds. The van der Waals surface area contributed by atoms with Crippen LogP contribution in [0.4, 0.5) is 0 Å². The summed E-state index contributed by atoms with van der Waals surface area (Å²) in [6, 6.07) is 14.9. The Bertz CT molecular complexity index is 741. The van der Waals surface area contributed by atoms with Gasteiger partial charge in [-0.1, -0.05) is 59.6 Å². The molecule has 1 fully saturated rings. The summed E-state index contributed by atoms with van der Waals surface area (Å²) < 4.78 is 11.6. The lowest BCUT2D eigenvalue weighted by atomic mass is 9.99. The molecule has 1 aliphatic rings. The molecular formula is C19H19Cl2NO3. The van der Waals surface area contributed by atoms with Crippen LogP contribution in [-0.2, 0) is 20.0 Å². The third-order valence-corrected chi connectivity index (χ3v) is 5.25. The van der Waals surface area contributed by atoms with Crippen LogP contribution in [-0.4, -0.2) is 38.0 Å². The average molecular weight is 380 g/mol. The number of hydrogen-bond donors (Lipinski definition) is 0. The molecule has 0 aromatic heterocycles. The van der Waals surface area contributed by atoms with Gasteiger partial charge in [-0.05, 0) is 17.7 Å². The highest BCUT2D eigenvalue weighted by molar-refractivity contribution is 6.42. The maximum Gasteiger partial charge on any atom is 0.204 e. The first-order valence-corrected chi connectivity index (χ1v) is 8.75. The Hall–Kier alpha value is -1.43. The van der Waals surface area contributed by atoms with Crippen LogP contribution in [0.5, 0.6) is 0 Å². The summed E-state index contributed by atoms with van der Waals surface area (Å²) in [6.45, 7) is 1.56. The Kier molecular flexibility index (Phi) is 5.77. The highest BCUT2D eigenvalue weighted by Crippen LogP contribution is 2.34. The largest absolute Gasteiger partial charge is 0.371 e. The predicted octanol–water partition coefficient (Wildman–Crippen LogP) is 4.07. The number of halogens is 2. The zero-order chi connectivity index (χ0) is 17.9. The van der Waals surface area contributed by atoms with Crippen molar-refractivity contribution in [1.82, 2.24) is 4.90 Å². The van der Waals surface area contributed by atoms with Gasteiger partial charge in [0.05, 0.1) is 22.8 Å². The summed E-state index contributed by atoms with van der Waals surface area (Å²) in [6.07, 6.45) is 0.626. The van der Waals surface area contributed by atoms with Crippen LogP contribution in [0.25, 0.3) is 0 Å². The molecule has 0 N–H and O–H groups in total. The van der Waals surface area contributed by atoms with Crippen molar-refractivity contribution < 1.29 is 14.3 Å². The SMILES string of the molecule is CO[C@@](C=O)(c1ccccc1)N1CCO[C@H](c2ccc(Cl)c(Cl)c2)C1. The molecule has 2 aromatic carbocycles. The molecule has 1 saturated heterocycles. The van der Waals surface area contributed by atoms with Crippen molar-refractivity contribution in [3.8, 4) is 0 Å². The maximum atomic E-state index is 12.1. The van der Waals surface area contributed by atoms with Crippen molar-refractivity contribution in [3.63, 3.8) is 0 Å². The van der Waals surface area contributed by atoms with E-state index in [0.29, 0.717) is 29.7 Å². The molecule has 3 rings (SSSR count). The van der Waals surface area contributed by atoms with Gasteiger partial charge in [-0.15, -0.1) is 0 Å². The van der Waals surface area contributed by atoms with Gasteiger partial charge in [0.15, 0.2) is 6.29 Å². The third-order valence-electron chi connectivity index (χ3n) is 4.51. The van der Waals surface area contributed by atoms with E-state index in [-0.39, 0.29) is 6.10 Å². The second-order valence-corrected chi connectivity index (χ2v) is 6.68. The van der Waals surface area contributed by atoms with Crippen molar-refractivity contribution in [3.05, 3.63) is 69.7 Å². The summed E-state index contributed by atoms with van der Waals surface area (Å²) >= 11 is 12.1. The van der Waals surface area contributed by atoms with Gasteiger partial charge in [-0.25, -0.2) is 0 Å². The van der Waals surface area contributed by atoms with Crippen LogP contribution in [0.15, 0.2) is 48.5 Å².